The van der Waals surface area contributed by atoms with Crippen LogP contribution in [0.3, 0.4) is 0 Å². The van der Waals surface area contributed by atoms with E-state index < -0.39 is 0 Å². The van der Waals surface area contributed by atoms with Gasteiger partial charge in [-0.3, -0.25) is 9.78 Å². The molecular weight excluding hydrogens is 354 g/mol. The highest BCUT2D eigenvalue weighted by molar-refractivity contribution is 5.97. The molecule has 3 heterocycles. The van der Waals surface area contributed by atoms with Crippen molar-refractivity contribution < 1.29 is 13.9 Å². The summed E-state index contributed by atoms with van der Waals surface area (Å²) in [5.74, 6) is 1.42. The number of hydrogen-bond donors (Lipinski definition) is 1. The van der Waals surface area contributed by atoms with E-state index in [-0.39, 0.29) is 5.91 Å². The molecule has 1 aromatic carbocycles. The van der Waals surface area contributed by atoms with Gasteiger partial charge in [0.25, 0.3) is 5.91 Å². The van der Waals surface area contributed by atoms with Crippen LogP contribution in [0.2, 0.25) is 0 Å². The number of hydrogen-bond acceptors (Lipinski definition) is 4. The minimum Gasteiger partial charge on any atom is -0.497 e. The summed E-state index contributed by atoms with van der Waals surface area (Å²) in [5.41, 5.74) is 3.98. The fraction of sp³-hybridized carbons (Fsp3) is 0.182. The lowest BCUT2D eigenvalue weighted by Gasteiger charge is -2.11. The zero-order valence-corrected chi connectivity index (χ0v) is 15.8. The number of rotatable bonds is 6. The molecule has 0 fully saturated rings. The van der Waals surface area contributed by atoms with E-state index in [9.17, 15) is 4.79 Å². The molecule has 142 valence electrons. The maximum Gasteiger partial charge on any atom is 0.268 e. The van der Waals surface area contributed by atoms with Crippen molar-refractivity contribution in [1.82, 2.24) is 14.9 Å². The van der Waals surface area contributed by atoms with Gasteiger partial charge in [0.1, 0.15) is 17.2 Å². The van der Waals surface area contributed by atoms with E-state index in [0.29, 0.717) is 24.4 Å². The quantitative estimate of drug-likeness (QED) is 0.554. The van der Waals surface area contributed by atoms with E-state index in [2.05, 4.69) is 10.3 Å². The van der Waals surface area contributed by atoms with Crippen LogP contribution in [0.5, 0.6) is 5.75 Å². The summed E-state index contributed by atoms with van der Waals surface area (Å²) in [5, 5.41) is 2.94. The number of aromatic nitrogens is 2. The van der Waals surface area contributed by atoms with E-state index in [1.165, 1.54) is 0 Å². The summed E-state index contributed by atoms with van der Waals surface area (Å²) in [4.78, 5) is 17.1. The molecule has 0 bridgehead atoms. The van der Waals surface area contributed by atoms with Crippen molar-refractivity contribution >= 4 is 17.0 Å². The van der Waals surface area contributed by atoms with Gasteiger partial charge in [0, 0.05) is 24.9 Å². The number of ether oxygens (including phenoxy) is 1. The van der Waals surface area contributed by atoms with E-state index in [0.717, 1.165) is 28.3 Å². The predicted octanol–water partition coefficient (Wildman–Crippen LogP) is 3.92. The molecule has 0 aliphatic heterocycles. The first-order valence-electron chi connectivity index (χ1n) is 9.05. The van der Waals surface area contributed by atoms with Crippen LogP contribution < -0.4 is 10.1 Å². The van der Waals surface area contributed by atoms with E-state index in [1.807, 2.05) is 60.0 Å². The van der Waals surface area contributed by atoms with Gasteiger partial charge in [0.2, 0.25) is 0 Å². The minimum atomic E-state index is -0.169. The zero-order chi connectivity index (χ0) is 19.5. The normalized spacial score (nSPS) is 10.9. The molecule has 0 unspecified atom stereocenters. The number of nitrogens with zero attached hydrogens (tertiary/aromatic N) is 2. The zero-order valence-electron chi connectivity index (χ0n) is 15.8. The average molecular weight is 375 g/mol. The van der Waals surface area contributed by atoms with Gasteiger partial charge in [-0.15, -0.1) is 0 Å². The van der Waals surface area contributed by atoms with Crippen LogP contribution in [0.1, 0.15) is 27.5 Å². The van der Waals surface area contributed by atoms with E-state index in [1.54, 1.807) is 19.4 Å². The summed E-state index contributed by atoms with van der Waals surface area (Å²) in [6.45, 7) is 2.80. The molecule has 4 aromatic rings. The highest BCUT2D eigenvalue weighted by atomic mass is 16.5. The van der Waals surface area contributed by atoms with Crippen LogP contribution in [-0.2, 0) is 13.1 Å². The van der Waals surface area contributed by atoms with Crippen molar-refractivity contribution in [2.75, 3.05) is 7.11 Å². The molecule has 6 nitrogen and oxygen atoms in total. The Balaban J connectivity index is 1.64. The van der Waals surface area contributed by atoms with Crippen molar-refractivity contribution in [2.45, 2.75) is 20.0 Å². The summed E-state index contributed by atoms with van der Waals surface area (Å²) in [6.07, 6.45) is 1.71. The van der Waals surface area contributed by atoms with Crippen molar-refractivity contribution in [1.29, 1.82) is 0 Å². The highest BCUT2D eigenvalue weighted by Crippen LogP contribution is 2.25. The Hall–Kier alpha value is -3.54. The van der Waals surface area contributed by atoms with Gasteiger partial charge in [-0.05, 0) is 36.8 Å². The number of pyridine rings is 1. The number of furan rings is 1. The largest absolute Gasteiger partial charge is 0.497 e. The molecule has 0 aliphatic rings. The Bertz CT molecular complexity index is 1110. The van der Waals surface area contributed by atoms with E-state index >= 15 is 0 Å². The second-order valence-electron chi connectivity index (χ2n) is 6.58. The monoisotopic (exact) mass is 375 g/mol. The van der Waals surface area contributed by atoms with Crippen LogP contribution in [0.4, 0.5) is 0 Å². The molecule has 6 heteroatoms. The summed E-state index contributed by atoms with van der Waals surface area (Å²) in [7, 11) is 1.64. The van der Waals surface area contributed by atoms with Gasteiger partial charge < -0.3 is 19.0 Å². The first-order valence-corrected chi connectivity index (χ1v) is 9.05. The number of nitrogens with one attached hydrogen (secondary N) is 1. The Kier molecular flexibility index (Phi) is 4.85. The maximum absolute atomic E-state index is 12.9. The number of aryl methyl sites for hydroxylation is 1. The number of carbonyl (C=O) groups excluding carboxylic acids is 1. The molecule has 0 atom stereocenters. The summed E-state index contributed by atoms with van der Waals surface area (Å²) >= 11 is 0. The summed E-state index contributed by atoms with van der Waals surface area (Å²) in [6, 6.07) is 17.2. The van der Waals surface area contributed by atoms with Crippen LogP contribution in [0.25, 0.3) is 11.1 Å². The van der Waals surface area contributed by atoms with Gasteiger partial charge in [-0.2, -0.15) is 0 Å². The molecule has 1 amide bonds. The fourth-order valence-electron chi connectivity index (χ4n) is 3.24. The topological polar surface area (TPSA) is 69.3 Å². The second kappa shape index (κ2) is 7.60. The van der Waals surface area contributed by atoms with Gasteiger partial charge in [0.05, 0.1) is 24.9 Å². The Labute approximate surface area is 162 Å². The average Bonchev–Trinajstić information content (AvgIpc) is 3.24. The molecule has 4 rings (SSSR count). The Morgan fingerprint density at radius 1 is 1.18 bits per heavy atom. The maximum atomic E-state index is 12.9. The lowest BCUT2D eigenvalue weighted by atomic mass is 10.2. The second-order valence-corrected chi connectivity index (χ2v) is 6.58. The number of amides is 1. The molecule has 0 spiro atoms. The van der Waals surface area contributed by atoms with Crippen LogP contribution in [0.15, 0.2) is 65.2 Å². The number of carbonyl (C=O) groups is 1. The molecule has 0 aliphatic carbocycles. The van der Waals surface area contributed by atoms with Crippen molar-refractivity contribution in [3.8, 4) is 5.75 Å². The molecule has 0 saturated carbocycles. The predicted molar refractivity (Wildman–Crippen MR) is 106 cm³/mol. The molecule has 3 aromatic heterocycles. The number of fused-ring (bicyclic) bond motifs is 1. The lowest BCUT2D eigenvalue weighted by Crippen LogP contribution is -2.26. The molecular formula is C22H21N3O3. The standard InChI is InChI=1S/C22H21N3O3/c1-15-10-19-21(28-15)12-20(22(26)24-13-17-7-3-4-9-23-17)25(19)14-16-6-5-8-18(11-16)27-2/h3-12H,13-14H2,1-2H3,(H,24,26). The SMILES string of the molecule is COc1cccc(Cn2c(C(=O)NCc3ccccn3)cc3oc(C)cc32)c1. The summed E-state index contributed by atoms with van der Waals surface area (Å²) < 4.78 is 13.0. The van der Waals surface area contributed by atoms with E-state index in [4.69, 9.17) is 9.15 Å². The molecule has 0 saturated heterocycles. The highest BCUT2D eigenvalue weighted by Gasteiger charge is 2.19. The smallest absolute Gasteiger partial charge is 0.268 e. The van der Waals surface area contributed by atoms with Gasteiger partial charge in [-0.1, -0.05) is 18.2 Å². The third-order valence-electron chi connectivity index (χ3n) is 4.58. The van der Waals surface area contributed by atoms with Crippen LogP contribution >= 0.6 is 0 Å². The Morgan fingerprint density at radius 2 is 2.07 bits per heavy atom. The third kappa shape index (κ3) is 3.62. The van der Waals surface area contributed by atoms with Gasteiger partial charge in [0.15, 0.2) is 5.58 Å². The van der Waals surface area contributed by atoms with Crippen LogP contribution in [0, 0.1) is 6.92 Å². The number of methoxy groups -OCH3 is 1. The van der Waals surface area contributed by atoms with Crippen molar-refractivity contribution in [3.63, 3.8) is 0 Å². The van der Waals surface area contributed by atoms with Crippen molar-refractivity contribution in [2.24, 2.45) is 0 Å². The van der Waals surface area contributed by atoms with Crippen molar-refractivity contribution in [3.05, 3.63) is 83.5 Å². The molecule has 28 heavy (non-hydrogen) atoms. The lowest BCUT2D eigenvalue weighted by molar-refractivity contribution is 0.0942. The fourth-order valence-corrected chi connectivity index (χ4v) is 3.24. The minimum absolute atomic E-state index is 0.169. The van der Waals surface area contributed by atoms with Crippen LogP contribution in [-0.4, -0.2) is 22.6 Å². The third-order valence-corrected chi connectivity index (χ3v) is 4.58. The first-order chi connectivity index (χ1) is 13.6. The molecule has 1 N–H and O–H groups in total. The van der Waals surface area contributed by atoms with Gasteiger partial charge >= 0.3 is 0 Å². The first kappa shape index (κ1) is 17.9. The van der Waals surface area contributed by atoms with Gasteiger partial charge in [-0.25, -0.2) is 0 Å². The molecule has 0 radical (unpaired) electrons. The Morgan fingerprint density at radius 3 is 2.86 bits per heavy atom. The number of benzene rings is 1.